The van der Waals surface area contributed by atoms with Gasteiger partial charge in [0.15, 0.2) is 0 Å². The molecule has 0 radical (unpaired) electrons. The Bertz CT molecular complexity index is 3030. The van der Waals surface area contributed by atoms with Crippen LogP contribution in [0.15, 0.2) is 156 Å². The fourth-order valence-corrected chi connectivity index (χ4v) is 10.00. The SMILES string of the molecule is CC1(C)c2ccccc2-c2ccc(N(c3ccc4ccccc4c3)c3cccc4c3sc3c5ccccc5c5c6ccccc6oc5c43)cc21. The molecule has 2 aromatic heterocycles. The molecule has 11 rings (SSSR count). The number of furan rings is 1. The van der Waals surface area contributed by atoms with Gasteiger partial charge in [0.25, 0.3) is 0 Å². The molecule has 1 aliphatic carbocycles. The van der Waals surface area contributed by atoms with Crippen molar-refractivity contribution in [2.75, 3.05) is 4.90 Å². The molecule has 0 fully saturated rings. The van der Waals surface area contributed by atoms with Crippen LogP contribution in [0.1, 0.15) is 25.0 Å². The summed E-state index contributed by atoms with van der Waals surface area (Å²) in [6.07, 6.45) is 0. The van der Waals surface area contributed by atoms with Crippen molar-refractivity contribution in [2.24, 2.45) is 0 Å². The summed E-state index contributed by atoms with van der Waals surface area (Å²) in [4.78, 5) is 2.47. The first-order valence-corrected chi connectivity index (χ1v) is 18.1. The highest BCUT2D eigenvalue weighted by Crippen LogP contribution is 2.53. The normalized spacial score (nSPS) is 13.6. The quantitative estimate of drug-likeness (QED) is 0.188. The number of thiophene rings is 1. The highest BCUT2D eigenvalue weighted by atomic mass is 32.1. The smallest absolute Gasteiger partial charge is 0.145 e. The van der Waals surface area contributed by atoms with E-state index in [9.17, 15) is 0 Å². The topological polar surface area (TPSA) is 16.4 Å². The Morgan fingerprint density at radius 2 is 1.18 bits per heavy atom. The van der Waals surface area contributed by atoms with Crippen molar-refractivity contribution in [1.82, 2.24) is 0 Å². The molecule has 2 nitrogen and oxygen atoms in total. The van der Waals surface area contributed by atoms with Crippen LogP contribution in [0.25, 0.3) is 74.8 Å². The lowest BCUT2D eigenvalue weighted by molar-refractivity contribution is 0.660. The van der Waals surface area contributed by atoms with Crippen molar-refractivity contribution < 1.29 is 4.42 Å². The summed E-state index contributed by atoms with van der Waals surface area (Å²) in [6, 6.07) is 55.5. The summed E-state index contributed by atoms with van der Waals surface area (Å²) < 4.78 is 9.26. The number of benzene rings is 8. The van der Waals surface area contributed by atoms with Crippen molar-refractivity contribution in [1.29, 1.82) is 0 Å². The average Bonchev–Trinajstić information content (AvgIpc) is 3.81. The van der Waals surface area contributed by atoms with Crippen LogP contribution in [0, 0.1) is 0 Å². The number of anilines is 3. The zero-order valence-electron chi connectivity index (χ0n) is 27.7. The van der Waals surface area contributed by atoms with Gasteiger partial charge in [-0.15, -0.1) is 11.3 Å². The summed E-state index contributed by atoms with van der Waals surface area (Å²) >= 11 is 1.88. The number of hydrogen-bond acceptors (Lipinski definition) is 3. The van der Waals surface area contributed by atoms with Crippen molar-refractivity contribution in [3.63, 3.8) is 0 Å². The number of fused-ring (bicyclic) bond motifs is 14. The molecule has 0 amide bonds. The Morgan fingerprint density at radius 3 is 2.08 bits per heavy atom. The predicted molar refractivity (Wildman–Crippen MR) is 214 cm³/mol. The molecule has 1 aliphatic rings. The van der Waals surface area contributed by atoms with Crippen molar-refractivity contribution in [3.8, 4) is 11.1 Å². The van der Waals surface area contributed by atoms with E-state index in [0.717, 1.165) is 27.9 Å². The van der Waals surface area contributed by atoms with Crippen molar-refractivity contribution in [3.05, 3.63) is 163 Å². The molecule has 0 atom stereocenters. The standard InChI is InChI=1S/C47H31NOS/c1-47(2)38-19-9-7-14-32(38)33-25-24-31(27-39(33)47)48(30-23-22-28-12-3-4-13-29(28)26-30)40-20-11-18-37-43-44-42(36-17-8-10-21-41(36)49-44)34-15-5-6-16-35(34)46(43)50-45(37)40/h3-27H,1-2H3. The maximum Gasteiger partial charge on any atom is 0.145 e. The Balaban J connectivity index is 1.23. The van der Waals surface area contributed by atoms with Gasteiger partial charge >= 0.3 is 0 Å². The Hall–Kier alpha value is -5.90. The van der Waals surface area contributed by atoms with Crippen LogP contribution in [-0.2, 0) is 5.41 Å². The van der Waals surface area contributed by atoms with Crippen LogP contribution in [0.3, 0.4) is 0 Å². The lowest BCUT2D eigenvalue weighted by Gasteiger charge is -2.28. The lowest BCUT2D eigenvalue weighted by atomic mass is 9.82. The van der Waals surface area contributed by atoms with Crippen molar-refractivity contribution in [2.45, 2.75) is 19.3 Å². The molecular formula is C47H31NOS. The van der Waals surface area contributed by atoms with Gasteiger partial charge in [0.1, 0.15) is 11.2 Å². The molecule has 0 saturated carbocycles. The van der Waals surface area contributed by atoms with Gasteiger partial charge in [-0.05, 0) is 74.8 Å². The fourth-order valence-electron chi connectivity index (χ4n) is 8.66. The molecule has 0 saturated heterocycles. The predicted octanol–water partition coefficient (Wildman–Crippen LogP) is 14.0. The van der Waals surface area contributed by atoms with Gasteiger partial charge in [-0.2, -0.15) is 0 Å². The summed E-state index contributed by atoms with van der Waals surface area (Å²) in [5, 5.41) is 9.74. The van der Waals surface area contributed by atoms with Gasteiger partial charge in [0.2, 0.25) is 0 Å². The Labute approximate surface area is 293 Å². The Kier molecular flexibility index (Phi) is 5.64. The minimum absolute atomic E-state index is 0.105. The molecule has 2 heterocycles. The lowest BCUT2D eigenvalue weighted by Crippen LogP contribution is -2.16. The number of para-hydroxylation sites is 1. The third kappa shape index (κ3) is 3.73. The monoisotopic (exact) mass is 657 g/mol. The zero-order chi connectivity index (χ0) is 33.1. The average molecular weight is 658 g/mol. The number of hydrogen-bond donors (Lipinski definition) is 0. The maximum absolute atomic E-state index is 6.76. The summed E-state index contributed by atoms with van der Waals surface area (Å²) in [5.41, 5.74) is 10.7. The van der Waals surface area contributed by atoms with Gasteiger partial charge in [0, 0.05) is 48.4 Å². The van der Waals surface area contributed by atoms with Crippen molar-refractivity contribution >= 4 is 92.1 Å². The second-order valence-electron chi connectivity index (χ2n) is 14.1. The van der Waals surface area contributed by atoms with Gasteiger partial charge in [-0.1, -0.05) is 129 Å². The van der Waals surface area contributed by atoms with E-state index in [0.29, 0.717) is 0 Å². The third-order valence-electron chi connectivity index (χ3n) is 11.0. The maximum atomic E-state index is 6.76. The molecule has 3 heteroatoms. The van der Waals surface area contributed by atoms with E-state index < -0.39 is 0 Å². The van der Waals surface area contributed by atoms with Crippen LogP contribution in [0.4, 0.5) is 17.1 Å². The van der Waals surface area contributed by atoms with E-state index in [1.807, 2.05) is 11.3 Å². The van der Waals surface area contributed by atoms with E-state index >= 15 is 0 Å². The van der Waals surface area contributed by atoms with Crippen LogP contribution < -0.4 is 4.90 Å². The first-order valence-electron chi connectivity index (χ1n) is 17.3. The first kappa shape index (κ1) is 28.0. The van der Waals surface area contributed by atoms with E-state index in [2.05, 4.69) is 170 Å². The van der Waals surface area contributed by atoms with E-state index in [1.165, 1.54) is 75.0 Å². The van der Waals surface area contributed by atoms with E-state index in [1.54, 1.807) is 0 Å². The largest absolute Gasteiger partial charge is 0.455 e. The molecule has 50 heavy (non-hydrogen) atoms. The minimum Gasteiger partial charge on any atom is -0.455 e. The van der Waals surface area contributed by atoms with Gasteiger partial charge in [-0.3, -0.25) is 0 Å². The molecule has 8 aromatic carbocycles. The highest BCUT2D eigenvalue weighted by molar-refractivity contribution is 7.27. The van der Waals surface area contributed by atoms with Gasteiger partial charge in [0.05, 0.1) is 10.4 Å². The van der Waals surface area contributed by atoms with Gasteiger partial charge in [-0.25, -0.2) is 0 Å². The van der Waals surface area contributed by atoms with Crippen LogP contribution in [0.2, 0.25) is 0 Å². The second-order valence-corrected chi connectivity index (χ2v) is 15.1. The second kappa shape index (κ2) is 10.1. The molecular weight excluding hydrogens is 627 g/mol. The van der Waals surface area contributed by atoms with E-state index in [-0.39, 0.29) is 5.41 Å². The zero-order valence-corrected chi connectivity index (χ0v) is 28.5. The summed E-state index contributed by atoms with van der Waals surface area (Å²) in [6.45, 7) is 4.72. The molecule has 0 bridgehead atoms. The Morgan fingerprint density at radius 1 is 0.500 bits per heavy atom. The van der Waals surface area contributed by atoms with E-state index in [4.69, 9.17) is 4.42 Å². The summed E-state index contributed by atoms with van der Waals surface area (Å²) in [5.74, 6) is 0. The summed E-state index contributed by atoms with van der Waals surface area (Å²) in [7, 11) is 0. The van der Waals surface area contributed by atoms with Gasteiger partial charge < -0.3 is 9.32 Å². The third-order valence-corrected chi connectivity index (χ3v) is 12.3. The molecule has 236 valence electrons. The van der Waals surface area contributed by atoms with Crippen LogP contribution in [0.5, 0.6) is 0 Å². The molecule has 10 aromatic rings. The van der Waals surface area contributed by atoms with Crippen LogP contribution >= 0.6 is 11.3 Å². The first-order chi connectivity index (χ1) is 24.6. The molecule has 0 aliphatic heterocycles. The molecule has 0 N–H and O–H groups in total. The fraction of sp³-hybridized carbons (Fsp3) is 0.0638. The highest BCUT2D eigenvalue weighted by Gasteiger charge is 2.36. The minimum atomic E-state index is -0.105. The molecule has 0 spiro atoms. The number of rotatable bonds is 3. The molecule has 0 unspecified atom stereocenters. The number of nitrogens with zero attached hydrogens (tertiary/aromatic N) is 1. The van der Waals surface area contributed by atoms with Crippen LogP contribution in [-0.4, -0.2) is 0 Å².